The first-order valence-corrected chi connectivity index (χ1v) is 11.4. The molecule has 2 aromatic heterocycles. The van der Waals surface area contributed by atoms with E-state index in [-0.39, 0.29) is 23.1 Å². The molecule has 2 aromatic carbocycles. The molecule has 1 amide bonds. The van der Waals surface area contributed by atoms with E-state index in [4.69, 9.17) is 11.6 Å². The van der Waals surface area contributed by atoms with Gasteiger partial charge in [-0.3, -0.25) is 14.2 Å². The second-order valence-electron chi connectivity index (χ2n) is 7.95. The van der Waals surface area contributed by atoms with E-state index in [1.165, 1.54) is 11.8 Å². The predicted octanol–water partition coefficient (Wildman–Crippen LogP) is 3.99. The van der Waals surface area contributed by atoms with E-state index in [0.29, 0.717) is 44.3 Å². The molecular formula is C22H22ClN5O3S. The highest BCUT2D eigenvalue weighted by atomic mass is 35.5. The Kier molecular flexibility index (Phi) is 6.12. The number of nitrogens with zero attached hydrogens (tertiary/aromatic N) is 2. The number of rotatable bonds is 6. The first-order chi connectivity index (χ1) is 15.2. The van der Waals surface area contributed by atoms with Crippen LogP contribution in [0.25, 0.3) is 21.9 Å². The summed E-state index contributed by atoms with van der Waals surface area (Å²) < 4.78 is 1.62. The lowest BCUT2D eigenvalue weighted by atomic mass is 10.2. The number of aromatic nitrogens is 4. The lowest BCUT2D eigenvalue weighted by Crippen LogP contribution is -2.28. The van der Waals surface area contributed by atoms with Gasteiger partial charge in [0.25, 0.3) is 5.56 Å². The lowest BCUT2D eigenvalue weighted by Gasteiger charge is -2.17. The number of H-pyrrole nitrogens is 2. The van der Waals surface area contributed by atoms with E-state index in [9.17, 15) is 14.4 Å². The third-order valence-electron chi connectivity index (χ3n) is 4.86. The Hall–Kier alpha value is -3.04. The van der Waals surface area contributed by atoms with E-state index in [1.54, 1.807) is 47.9 Å². The molecule has 0 fully saturated rings. The highest BCUT2D eigenvalue weighted by molar-refractivity contribution is 8.00. The number of aromatic amines is 2. The molecule has 0 radical (unpaired) electrons. The molecule has 0 aliphatic rings. The van der Waals surface area contributed by atoms with Crippen molar-refractivity contribution in [1.82, 2.24) is 19.5 Å². The van der Waals surface area contributed by atoms with Crippen LogP contribution in [0, 0.1) is 5.92 Å². The van der Waals surface area contributed by atoms with Crippen molar-refractivity contribution >= 4 is 56.9 Å². The summed E-state index contributed by atoms with van der Waals surface area (Å²) in [5, 5.41) is 3.77. The van der Waals surface area contributed by atoms with Gasteiger partial charge < -0.3 is 15.3 Å². The number of carbonyl (C=O) groups is 1. The van der Waals surface area contributed by atoms with Crippen LogP contribution in [0.1, 0.15) is 20.8 Å². The fraction of sp³-hybridized carbons (Fsp3) is 0.273. The number of hydrogen-bond acceptors (Lipinski definition) is 5. The molecule has 0 aliphatic carbocycles. The molecular weight excluding hydrogens is 450 g/mol. The van der Waals surface area contributed by atoms with Crippen LogP contribution in [-0.2, 0) is 11.3 Å². The van der Waals surface area contributed by atoms with Gasteiger partial charge in [0.2, 0.25) is 5.91 Å². The number of thioether (sulfide) groups is 1. The normalized spacial score (nSPS) is 12.5. The maximum atomic E-state index is 13.1. The Bertz CT molecular complexity index is 1440. The standard InChI is InChI=1S/C22H22ClN5O3S/c1-11(2)10-28-20(30)15-6-4-13(23)8-17(15)27-22(28)32-12(3)19(29)24-14-5-7-16-18(9-14)26-21(31)25-16/h4-9,11-12H,10H2,1-3H3,(H,24,29)(H2,25,26,31)/t12-/m1/s1. The van der Waals surface area contributed by atoms with Gasteiger partial charge in [0.15, 0.2) is 5.16 Å². The topological polar surface area (TPSA) is 113 Å². The summed E-state index contributed by atoms with van der Waals surface area (Å²) in [6.45, 7) is 6.28. The molecule has 32 heavy (non-hydrogen) atoms. The number of amides is 1. The molecule has 1 atom stereocenters. The molecule has 8 nitrogen and oxygen atoms in total. The average Bonchev–Trinajstić information content (AvgIpc) is 3.09. The summed E-state index contributed by atoms with van der Waals surface area (Å²) in [6.07, 6.45) is 0. The summed E-state index contributed by atoms with van der Waals surface area (Å²) in [5.74, 6) is -0.0262. The Morgan fingerprint density at radius 3 is 2.62 bits per heavy atom. The Morgan fingerprint density at radius 1 is 1.12 bits per heavy atom. The highest BCUT2D eigenvalue weighted by Gasteiger charge is 2.20. The van der Waals surface area contributed by atoms with E-state index >= 15 is 0 Å². The van der Waals surface area contributed by atoms with Crippen molar-refractivity contribution in [3.63, 3.8) is 0 Å². The zero-order valence-electron chi connectivity index (χ0n) is 17.7. The van der Waals surface area contributed by atoms with Gasteiger partial charge in [-0.05, 0) is 49.2 Å². The first-order valence-electron chi connectivity index (χ1n) is 10.1. The predicted molar refractivity (Wildman–Crippen MR) is 129 cm³/mol. The minimum Gasteiger partial charge on any atom is -0.325 e. The average molecular weight is 472 g/mol. The third-order valence-corrected chi connectivity index (χ3v) is 6.19. The largest absolute Gasteiger partial charge is 0.325 e. The molecule has 3 N–H and O–H groups in total. The monoisotopic (exact) mass is 471 g/mol. The van der Waals surface area contributed by atoms with Gasteiger partial charge in [0.1, 0.15) is 0 Å². The Labute approximate surface area is 192 Å². The van der Waals surface area contributed by atoms with Crippen LogP contribution in [0.5, 0.6) is 0 Å². The van der Waals surface area contributed by atoms with Crippen LogP contribution >= 0.6 is 23.4 Å². The molecule has 0 saturated carbocycles. The van der Waals surface area contributed by atoms with E-state index < -0.39 is 5.25 Å². The Morgan fingerprint density at radius 2 is 1.88 bits per heavy atom. The van der Waals surface area contributed by atoms with E-state index in [0.717, 1.165) is 0 Å². The van der Waals surface area contributed by atoms with Gasteiger partial charge in [-0.1, -0.05) is 37.2 Å². The van der Waals surface area contributed by atoms with Crippen molar-refractivity contribution in [3.05, 3.63) is 62.3 Å². The van der Waals surface area contributed by atoms with Crippen LogP contribution in [0.2, 0.25) is 5.02 Å². The molecule has 0 unspecified atom stereocenters. The molecule has 4 rings (SSSR count). The van der Waals surface area contributed by atoms with Crippen molar-refractivity contribution in [1.29, 1.82) is 0 Å². The van der Waals surface area contributed by atoms with Gasteiger partial charge in [-0.2, -0.15) is 0 Å². The smallest absolute Gasteiger partial charge is 0.323 e. The van der Waals surface area contributed by atoms with Gasteiger partial charge in [-0.15, -0.1) is 0 Å². The summed E-state index contributed by atoms with van der Waals surface area (Å²) in [4.78, 5) is 47.4. The summed E-state index contributed by atoms with van der Waals surface area (Å²) in [6, 6.07) is 10.1. The van der Waals surface area contributed by atoms with Crippen molar-refractivity contribution in [2.24, 2.45) is 5.92 Å². The zero-order valence-corrected chi connectivity index (χ0v) is 19.3. The fourth-order valence-electron chi connectivity index (χ4n) is 3.36. The van der Waals surface area contributed by atoms with Crippen molar-refractivity contribution in [2.75, 3.05) is 5.32 Å². The quantitative estimate of drug-likeness (QED) is 0.290. The SMILES string of the molecule is CC(C)Cn1c(S[C@H](C)C(=O)Nc2ccc3[nH]c(=O)[nH]c3c2)nc2cc(Cl)ccc2c1=O. The minimum absolute atomic E-state index is 0.155. The number of halogens is 1. The van der Waals surface area contributed by atoms with Crippen molar-refractivity contribution in [3.8, 4) is 0 Å². The van der Waals surface area contributed by atoms with Gasteiger partial charge in [0.05, 0.1) is 27.2 Å². The van der Waals surface area contributed by atoms with Crippen molar-refractivity contribution in [2.45, 2.75) is 37.7 Å². The number of nitrogens with one attached hydrogen (secondary N) is 3. The maximum absolute atomic E-state index is 13.1. The summed E-state index contributed by atoms with van der Waals surface area (Å²) in [7, 11) is 0. The van der Waals surface area contributed by atoms with E-state index in [1.807, 2.05) is 13.8 Å². The molecule has 10 heteroatoms. The van der Waals surface area contributed by atoms with Crippen LogP contribution in [-0.4, -0.2) is 30.7 Å². The van der Waals surface area contributed by atoms with Crippen LogP contribution in [0.4, 0.5) is 5.69 Å². The number of carbonyl (C=O) groups excluding carboxylic acids is 1. The molecule has 0 aliphatic heterocycles. The molecule has 166 valence electrons. The lowest BCUT2D eigenvalue weighted by molar-refractivity contribution is -0.115. The number of benzene rings is 2. The van der Waals surface area contributed by atoms with Gasteiger partial charge >= 0.3 is 5.69 Å². The summed E-state index contributed by atoms with van der Waals surface area (Å²) in [5.41, 5.74) is 1.86. The number of hydrogen-bond donors (Lipinski definition) is 3. The maximum Gasteiger partial charge on any atom is 0.323 e. The third kappa shape index (κ3) is 4.58. The van der Waals surface area contributed by atoms with Gasteiger partial charge in [-0.25, -0.2) is 9.78 Å². The van der Waals surface area contributed by atoms with Gasteiger partial charge in [0, 0.05) is 17.3 Å². The summed E-state index contributed by atoms with van der Waals surface area (Å²) >= 11 is 7.31. The van der Waals surface area contributed by atoms with E-state index in [2.05, 4.69) is 20.3 Å². The molecule has 4 aromatic rings. The highest BCUT2D eigenvalue weighted by Crippen LogP contribution is 2.26. The second-order valence-corrected chi connectivity index (χ2v) is 9.70. The molecule has 0 bridgehead atoms. The van der Waals surface area contributed by atoms with Crippen LogP contribution < -0.4 is 16.6 Å². The van der Waals surface area contributed by atoms with Crippen molar-refractivity contribution < 1.29 is 4.79 Å². The number of anilines is 1. The molecule has 0 saturated heterocycles. The fourth-order valence-corrected chi connectivity index (χ4v) is 4.44. The molecule has 2 heterocycles. The van der Waals surface area contributed by atoms with Crippen LogP contribution in [0.15, 0.2) is 51.1 Å². The Balaban J connectivity index is 1.62. The minimum atomic E-state index is -0.530. The number of fused-ring (bicyclic) bond motifs is 2. The first kappa shape index (κ1) is 22.2. The molecule has 0 spiro atoms. The van der Waals surface area contributed by atoms with Crippen LogP contribution in [0.3, 0.4) is 0 Å². The number of imidazole rings is 1. The zero-order chi connectivity index (χ0) is 23.0. The second kappa shape index (κ2) is 8.84.